The largest absolute Gasteiger partial charge is 0.493 e. The predicted molar refractivity (Wildman–Crippen MR) is 115 cm³/mol. The zero-order valence-electron chi connectivity index (χ0n) is 17.3. The molecule has 0 aliphatic carbocycles. The third-order valence-electron chi connectivity index (χ3n) is 4.80. The van der Waals surface area contributed by atoms with Gasteiger partial charge >= 0.3 is 0 Å². The van der Waals surface area contributed by atoms with Crippen molar-refractivity contribution in [2.45, 2.75) is 20.8 Å². The summed E-state index contributed by atoms with van der Waals surface area (Å²) in [5.41, 5.74) is 8.21. The summed E-state index contributed by atoms with van der Waals surface area (Å²) in [6.07, 6.45) is 1.59. The van der Waals surface area contributed by atoms with Crippen LogP contribution < -0.4 is 14.9 Å². The first-order chi connectivity index (χ1) is 13.9. The van der Waals surface area contributed by atoms with Crippen LogP contribution in [-0.4, -0.2) is 30.9 Å². The van der Waals surface area contributed by atoms with Gasteiger partial charge < -0.3 is 14.0 Å². The molecule has 0 fully saturated rings. The third-order valence-corrected chi connectivity index (χ3v) is 4.80. The van der Waals surface area contributed by atoms with Crippen LogP contribution in [0.3, 0.4) is 0 Å². The van der Waals surface area contributed by atoms with Gasteiger partial charge in [-0.15, -0.1) is 0 Å². The number of ether oxygens (including phenoxy) is 2. The standard InChI is InChI=1S/C23H25N3O3/c1-15-12-21(28-4)22(29-5)13-19(15)14-24-25-23(27)18-8-10-20(11-9-18)26-16(2)6-7-17(26)3/h6-14H,1-5H3,(H,25,27)/b24-14-. The molecule has 0 saturated heterocycles. The van der Waals surface area contributed by atoms with E-state index >= 15 is 0 Å². The minimum atomic E-state index is -0.271. The molecule has 0 aliphatic heterocycles. The molecule has 2 aromatic carbocycles. The van der Waals surface area contributed by atoms with Gasteiger partial charge in [-0.3, -0.25) is 4.79 Å². The van der Waals surface area contributed by atoms with Gasteiger partial charge in [0.25, 0.3) is 5.91 Å². The van der Waals surface area contributed by atoms with Crippen molar-refractivity contribution in [3.63, 3.8) is 0 Å². The molecular formula is C23H25N3O3. The normalized spacial score (nSPS) is 10.9. The Morgan fingerprint density at radius 3 is 2.10 bits per heavy atom. The topological polar surface area (TPSA) is 64.8 Å². The number of nitrogens with zero attached hydrogens (tertiary/aromatic N) is 2. The molecule has 1 aromatic heterocycles. The molecule has 6 heteroatoms. The molecule has 1 heterocycles. The first-order valence-corrected chi connectivity index (χ1v) is 9.26. The number of methoxy groups -OCH3 is 2. The van der Waals surface area contributed by atoms with Crippen LogP contribution in [0.2, 0.25) is 0 Å². The molecule has 29 heavy (non-hydrogen) atoms. The number of amides is 1. The number of aryl methyl sites for hydroxylation is 3. The van der Waals surface area contributed by atoms with Crippen LogP contribution in [0.5, 0.6) is 11.5 Å². The van der Waals surface area contributed by atoms with Gasteiger partial charge in [-0.05, 0) is 74.9 Å². The maximum atomic E-state index is 12.4. The van der Waals surface area contributed by atoms with Gasteiger partial charge in [0.15, 0.2) is 11.5 Å². The SMILES string of the molecule is COc1cc(C)c(/C=N\NC(=O)c2ccc(-n3c(C)ccc3C)cc2)cc1OC. The smallest absolute Gasteiger partial charge is 0.271 e. The summed E-state index contributed by atoms with van der Waals surface area (Å²) >= 11 is 0. The van der Waals surface area contributed by atoms with E-state index in [1.54, 1.807) is 32.6 Å². The number of carbonyl (C=O) groups is 1. The van der Waals surface area contributed by atoms with Crippen molar-refractivity contribution in [2.24, 2.45) is 5.10 Å². The summed E-state index contributed by atoms with van der Waals surface area (Å²) < 4.78 is 12.7. The Kier molecular flexibility index (Phi) is 6.02. The molecule has 1 N–H and O–H groups in total. The van der Waals surface area contributed by atoms with Crippen molar-refractivity contribution >= 4 is 12.1 Å². The molecule has 0 saturated carbocycles. The van der Waals surface area contributed by atoms with Crippen LogP contribution in [0, 0.1) is 20.8 Å². The number of nitrogens with one attached hydrogen (secondary N) is 1. The van der Waals surface area contributed by atoms with Gasteiger partial charge in [-0.1, -0.05) is 0 Å². The molecule has 3 rings (SSSR count). The summed E-state index contributed by atoms with van der Waals surface area (Å²) in [5, 5.41) is 4.08. The monoisotopic (exact) mass is 391 g/mol. The number of aromatic nitrogens is 1. The van der Waals surface area contributed by atoms with E-state index in [1.165, 1.54) is 0 Å². The molecule has 1 amide bonds. The number of hydrogen-bond donors (Lipinski definition) is 1. The Hall–Kier alpha value is -3.54. The lowest BCUT2D eigenvalue weighted by Crippen LogP contribution is -2.17. The second-order valence-corrected chi connectivity index (χ2v) is 6.76. The van der Waals surface area contributed by atoms with Crippen LogP contribution >= 0.6 is 0 Å². The van der Waals surface area contributed by atoms with E-state index in [-0.39, 0.29) is 5.91 Å². The van der Waals surface area contributed by atoms with Gasteiger partial charge in [-0.2, -0.15) is 5.10 Å². The summed E-state index contributed by atoms with van der Waals surface area (Å²) in [6, 6.07) is 15.3. The lowest BCUT2D eigenvalue weighted by atomic mass is 10.1. The molecular weight excluding hydrogens is 366 g/mol. The highest BCUT2D eigenvalue weighted by molar-refractivity contribution is 5.95. The molecule has 6 nitrogen and oxygen atoms in total. The number of carbonyl (C=O) groups excluding carboxylic acids is 1. The number of hydrogen-bond acceptors (Lipinski definition) is 4. The molecule has 0 spiro atoms. The van der Waals surface area contributed by atoms with E-state index in [0.717, 1.165) is 28.2 Å². The van der Waals surface area contributed by atoms with Gasteiger partial charge in [0.1, 0.15) is 0 Å². The highest BCUT2D eigenvalue weighted by Crippen LogP contribution is 2.29. The summed E-state index contributed by atoms with van der Waals surface area (Å²) in [5.74, 6) is 0.989. The Labute approximate surface area is 170 Å². The molecule has 150 valence electrons. The van der Waals surface area contributed by atoms with E-state index in [0.29, 0.717) is 17.1 Å². The summed E-state index contributed by atoms with van der Waals surface area (Å²) in [4.78, 5) is 12.4. The Balaban J connectivity index is 1.71. The van der Waals surface area contributed by atoms with Crippen LogP contribution in [0.25, 0.3) is 5.69 Å². The van der Waals surface area contributed by atoms with Gasteiger partial charge in [0, 0.05) is 28.2 Å². The minimum absolute atomic E-state index is 0.271. The maximum Gasteiger partial charge on any atom is 0.271 e. The second-order valence-electron chi connectivity index (χ2n) is 6.76. The zero-order valence-corrected chi connectivity index (χ0v) is 17.3. The van der Waals surface area contributed by atoms with Crippen molar-refractivity contribution in [3.05, 3.63) is 76.6 Å². The molecule has 0 unspecified atom stereocenters. The summed E-state index contributed by atoms with van der Waals surface area (Å²) in [7, 11) is 3.17. The van der Waals surface area contributed by atoms with Crippen molar-refractivity contribution in [3.8, 4) is 17.2 Å². The van der Waals surface area contributed by atoms with Crippen molar-refractivity contribution in [2.75, 3.05) is 14.2 Å². The average Bonchev–Trinajstić information content (AvgIpc) is 3.06. The molecule has 0 atom stereocenters. The molecule has 0 bridgehead atoms. The van der Waals surface area contributed by atoms with Crippen molar-refractivity contribution in [1.82, 2.24) is 9.99 Å². The number of rotatable bonds is 6. The van der Waals surface area contributed by atoms with Gasteiger partial charge in [0.05, 0.1) is 20.4 Å². The first-order valence-electron chi connectivity index (χ1n) is 9.26. The van der Waals surface area contributed by atoms with E-state index in [4.69, 9.17) is 9.47 Å². The van der Waals surface area contributed by atoms with E-state index in [9.17, 15) is 4.79 Å². The van der Waals surface area contributed by atoms with Gasteiger partial charge in [-0.25, -0.2) is 5.43 Å². The number of benzene rings is 2. The van der Waals surface area contributed by atoms with Gasteiger partial charge in [0.2, 0.25) is 0 Å². The zero-order chi connectivity index (χ0) is 21.0. The van der Waals surface area contributed by atoms with E-state index in [1.807, 2.05) is 31.2 Å². The Morgan fingerprint density at radius 1 is 0.931 bits per heavy atom. The quantitative estimate of drug-likeness (QED) is 0.506. The molecule has 3 aromatic rings. The molecule has 0 aliphatic rings. The lowest BCUT2D eigenvalue weighted by molar-refractivity contribution is 0.0955. The van der Waals surface area contributed by atoms with Crippen molar-refractivity contribution < 1.29 is 14.3 Å². The van der Waals surface area contributed by atoms with Crippen LogP contribution in [0.15, 0.2) is 53.6 Å². The van der Waals surface area contributed by atoms with E-state index < -0.39 is 0 Å². The highest BCUT2D eigenvalue weighted by atomic mass is 16.5. The average molecular weight is 391 g/mol. The fraction of sp³-hybridized carbons (Fsp3) is 0.217. The number of hydrazone groups is 1. The fourth-order valence-electron chi connectivity index (χ4n) is 3.20. The first kappa shape index (κ1) is 20.2. The highest BCUT2D eigenvalue weighted by Gasteiger charge is 2.09. The second kappa shape index (κ2) is 8.65. The Morgan fingerprint density at radius 2 is 1.52 bits per heavy atom. The van der Waals surface area contributed by atoms with Crippen LogP contribution in [-0.2, 0) is 0 Å². The Bertz CT molecular complexity index is 1030. The van der Waals surface area contributed by atoms with Crippen LogP contribution in [0.1, 0.15) is 32.9 Å². The molecule has 0 radical (unpaired) electrons. The van der Waals surface area contributed by atoms with E-state index in [2.05, 4.69) is 41.1 Å². The fourth-order valence-corrected chi connectivity index (χ4v) is 3.20. The minimum Gasteiger partial charge on any atom is -0.493 e. The van der Waals surface area contributed by atoms with Crippen LogP contribution in [0.4, 0.5) is 0 Å². The summed E-state index contributed by atoms with van der Waals surface area (Å²) in [6.45, 7) is 6.05. The third kappa shape index (κ3) is 4.32. The predicted octanol–water partition coefficient (Wildman–Crippen LogP) is 4.18. The van der Waals surface area contributed by atoms with Crippen molar-refractivity contribution in [1.29, 1.82) is 0 Å². The lowest BCUT2D eigenvalue weighted by Gasteiger charge is -2.10. The maximum absolute atomic E-state index is 12.4.